The maximum atomic E-state index is 12.5. The van der Waals surface area contributed by atoms with Crippen LogP contribution in [-0.4, -0.2) is 91.4 Å². The standard InChI is InChI=1S/C16H30N4O2/c1-13-9-14(2)11-20(10-13)15(21)12-18-5-7-19(8-6-18)16(22)17(3)4/h13-14H,5-12H2,1-4H3. The highest BCUT2D eigenvalue weighted by Crippen LogP contribution is 2.21. The van der Waals surface area contributed by atoms with Crippen molar-refractivity contribution in [1.82, 2.24) is 19.6 Å². The highest BCUT2D eigenvalue weighted by Gasteiger charge is 2.28. The highest BCUT2D eigenvalue weighted by molar-refractivity contribution is 5.78. The Labute approximate surface area is 134 Å². The van der Waals surface area contributed by atoms with Crippen molar-refractivity contribution < 1.29 is 9.59 Å². The van der Waals surface area contributed by atoms with Crippen molar-refractivity contribution in [3.8, 4) is 0 Å². The zero-order chi connectivity index (χ0) is 16.3. The van der Waals surface area contributed by atoms with Crippen LogP contribution in [0.1, 0.15) is 20.3 Å². The van der Waals surface area contributed by atoms with E-state index in [2.05, 4.69) is 18.7 Å². The fraction of sp³-hybridized carbons (Fsp3) is 0.875. The molecule has 2 unspecified atom stereocenters. The van der Waals surface area contributed by atoms with Gasteiger partial charge in [-0.1, -0.05) is 13.8 Å². The molecule has 2 aliphatic heterocycles. The predicted octanol–water partition coefficient (Wildman–Crippen LogP) is 0.790. The molecule has 0 spiro atoms. The molecule has 0 aromatic rings. The van der Waals surface area contributed by atoms with Crippen molar-refractivity contribution in [3.63, 3.8) is 0 Å². The van der Waals surface area contributed by atoms with Crippen LogP contribution in [-0.2, 0) is 4.79 Å². The summed E-state index contributed by atoms with van der Waals surface area (Å²) < 4.78 is 0. The Bertz CT molecular complexity index is 395. The van der Waals surface area contributed by atoms with E-state index in [0.717, 1.165) is 26.2 Å². The summed E-state index contributed by atoms with van der Waals surface area (Å²) in [5.74, 6) is 1.44. The van der Waals surface area contributed by atoms with E-state index >= 15 is 0 Å². The van der Waals surface area contributed by atoms with Crippen LogP contribution in [0.25, 0.3) is 0 Å². The fourth-order valence-electron chi connectivity index (χ4n) is 3.54. The van der Waals surface area contributed by atoms with E-state index in [-0.39, 0.29) is 11.9 Å². The molecular weight excluding hydrogens is 280 g/mol. The number of rotatable bonds is 2. The van der Waals surface area contributed by atoms with Crippen LogP contribution in [0.5, 0.6) is 0 Å². The number of nitrogens with zero attached hydrogens (tertiary/aromatic N) is 4. The van der Waals surface area contributed by atoms with Crippen LogP contribution in [0.2, 0.25) is 0 Å². The van der Waals surface area contributed by atoms with E-state index in [1.807, 2.05) is 9.80 Å². The van der Waals surface area contributed by atoms with Gasteiger partial charge in [-0.25, -0.2) is 4.79 Å². The Hall–Kier alpha value is -1.30. The van der Waals surface area contributed by atoms with E-state index in [4.69, 9.17) is 0 Å². The summed E-state index contributed by atoms with van der Waals surface area (Å²) in [7, 11) is 3.55. The minimum atomic E-state index is 0.0599. The molecule has 2 atom stereocenters. The van der Waals surface area contributed by atoms with E-state index in [9.17, 15) is 9.59 Å². The van der Waals surface area contributed by atoms with Crippen molar-refractivity contribution in [3.05, 3.63) is 0 Å². The first-order valence-corrected chi connectivity index (χ1v) is 8.33. The number of carbonyl (C=O) groups is 2. The molecule has 2 saturated heterocycles. The first kappa shape index (κ1) is 17.1. The molecule has 126 valence electrons. The molecule has 2 heterocycles. The number of amides is 3. The first-order valence-electron chi connectivity index (χ1n) is 8.33. The second-order valence-electron chi connectivity index (χ2n) is 7.18. The van der Waals surface area contributed by atoms with Gasteiger partial charge in [-0.05, 0) is 18.3 Å². The lowest BCUT2D eigenvalue weighted by Gasteiger charge is -2.38. The van der Waals surface area contributed by atoms with Gasteiger partial charge in [0.1, 0.15) is 0 Å². The minimum Gasteiger partial charge on any atom is -0.341 e. The Morgan fingerprint density at radius 3 is 2.00 bits per heavy atom. The van der Waals surface area contributed by atoms with Gasteiger partial charge in [0.05, 0.1) is 6.54 Å². The third-order valence-corrected chi connectivity index (χ3v) is 4.61. The number of piperazine rings is 1. The molecule has 2 rings (SSSR count). The van der Waals surface area contributed by atoms with Gasteiger partial charge in [0, 0.05) is 53.4 Å². The summed E-state index contributed by atoms with van der Waals surface area (Å²) in [6, 6.07) is 0.0599. The molecule has 0 aliphatic carbocycles. The molecule has 2 aliphatic rings. The summed E-state index contributed by atoms with van der Waals surface area (Å²) in [6.07, 6.45) is 1.22. The van der Waals surface area contributed by atoms with Gasteiger partial charge >= 0.3 is 6.03 Å². The van der Waals surface area contributed by atoms with Crippen molar-refractivity contribution in [2.45, 2.75) is 20.3 Å². The lowest BCUT2D eigenvalue weighted by atomic mass is 9.92. The van der Waals surface area contributed by atoms with Gasteiger partial charge in [0.15, 0.2) is 0 Å². The lowest BCUT2D eigenvalue weighted by molar-refractivity contribution is -0.135. The highest BCUT2D eigenvalue weighted by atomic mass is 16.2. The van der Waals surface area contributed by atoms with E-state index in [0.29, 0.717) is 31.5 Å². The average molecular weight is 310 g/mol. The quantitative estimate of drug-likeness (QED) is 0.758. The first-order chi connectivity index (χ1) is 10.4. The third kappa shape index (κ3) is 4.35. The monoisotopic (exact) mass is 310 g/mol. The van der Waals surface area contributed by atoms with Gasteiger partial charge in [0.25, 0.3) is 0 Å². The lowest BCUT2D eigenvalue weighted by Crippen LogP contribution is -2.54. The molecule has 3 amide bonds. The smallest absolute Gasteiger partial charge is 0.319 e. The number of piperidine rings is 1. The van der Waals surface area contributed by atoms with Crippen LogP contribution in [0.3, 0.4) is 0 Å². The molecule has 0 aromatic heterocycles. The number of likely N-dealkylation sites (tertiary alicyclic amines) is 1. The molecule has 2 fully saturated rings. The van der Waals surface area contributed by atoms with Gasteiger partial charge in [-0.2, -0.15) is 0 Å². The van der Waals surface area contributed by atoms with Crippen LogP contribution < -0.4 is 0 Å². The topological polar surface area (TPSA) is 47.1 Å². The number of urea groups is 1. The molecule has 6 heteroatoms. The Balaban J connectivity index is 1.78. The average Bonchev–Trinajstić information content (AvgIpc) is 2.46. The molecule has 0 saturated carbocycles. The van der Waals surface area contributed by atoms with Crippen molar-refractivity contribution >= 4 is 11.9 Å². The maximum absolute atomic E-state index is 12.5. The minimum absolute atomic E-state index is 0.0599. The number of carbonyl (C=O) groups excluding carboxylic acids is 2. The summed E-state index contributed by atoms with van der Waals surface area (Å²) in [5, 5.41) is 0. The zero-order valence-electron chi connectivity index (χ0n) is 14.4. The van der Waals surface area contributed by atoms with Crippen molar-refractivity contribution in [2.24, 2.45) is 11.8 Å². The fourth-order valence-corrected chi connectivity index (χ4v) is 3.54. The summed E-state index contributed by atoms with van der Waals surface area (Å²) in [4.78, 5) is 32.0. The van der Waals surface area contributed by atoms with Crippen molar-refractivity contribution in [1.29, 1.82) is 0 Å². The third-order valence-electron chi connectivity index (χ3n) is 4.61. The van der Waals surface area contributed by atoms with E-state index in [1.54, 1.807) is 19.0 Å². The Kier molecular flexibility index (Phi) is 5.67. The molecule has 0 aromatic carbocycles. The van der Waals surface area contributed by atoms with Gasteiger partial charge < -0.3 is 14.7 Å². The number of hydrogen-bond acceptors (Lipinski definition) is 3. The second-order valence-corrected chi connectivity index (χ2v) is 7.18. The summed E-state index contributed by atoms with van der Waals surface area (Å²) >= 11 is 0. The molecule has 0 bridgehead atoms. The Morgan fingerprint density at radius 1 is 0.955 bits per heavy atom. The van der Waals surface area contributed by atoms with Crippen LogP contribution in [0.15, 0.2) is 0 Å². The molecule has 0 radical (unpaired) electrons. The molecule has 6 nitrogen and oxygen atoms in total. The van der Waals surface area contributed by atoms with Crippen LogP contribution >= 0.6 is 0 Å². The van der Waals surface area contributed by atoms with Gasteiger partial charge in [0.2, 0.25) is 5.91 Å². The normalized spacial score (nSPS) is 26.9. The summed E-state index contributed by atoms with van der Waals surface area (Å²) in [5.41, 5.74) is 0. The second kappa shape index (κ2) is 7.31. The maximum Gasteiger partial charge on any atom is 0.319 e. The summed E-state index contributed by atoms with van der Waals surface area (Å²) in [6.45, 7) is 9.69. The number of hydrogen-bond donors (Lipinski definition) is 0. The zero-order valence-corrected chi connectivity index (χ0v) is 14.4. The van der Waals surface area contributed by atoms with Crippen molar-refractivity contribution in [2.75, 3.05) is 59.9 Å². The Morgan fingerprint density at radius 2 is 1.50 bits per heavy atom. The molecule has 22 heavy (non-hydrogen) atoms. The van der Waals surface area contributed by atoms with Gasteiger partial charge in [-0.3, -0.25) is 9.69 Å². The van der Waals surface area contributed by atoms with Crippen LogP contribution in [0.4, 0.5) is 4.79 Å². The van der Waals surface area contributed by atoms with Gasteiger partial charge in [-0.15, -0.1) is 0 Å². The molecule has 0 N–H and O–H groups in total. The van der Waals surface area contributed by atoms with E-state index < -0.39 is 0 Å². The SMILES string of the molecule is CC1CC(C)CN(C(=O)CN2CCN(C(=O)N(C)C)CC2)C1. The molecular formula is C16H30N4O2. The van der Waals surface area contributed by atoms with Crippen LogP contribution in [0, 0.1) is 11.8 Å². The van der Waals surface area contributed by atoms with E-state index in [1.165, 1.54) is 6.42 Å². The largest absolute Gasteiger partial charge is 0.341 e. The predicted molar refractivity (Wildman–Crippen MR) is 86.6 cm³/mol.